The van der Waals surface area contributed by atoms with Gasteiger partial charge in [-0.2, -0.15) is 0 Å². The van der Waals surface area contributed by atoms with Crippen LogP contribution >= 0.6 is 23.4 Å². The fourth-order valence-electron chi connectivity index (χ4n) is 2.13. The fraction of sp³-hybridized carbons (Fsp3) is 0.133. The Morgan fingerprint density at radius 3 is 2.83 bits per heavy atom. The molecule has 3 N–H and O–H groups in total. The Labute approximate surface area is 140 Å². The zero-order valence-electron chi connectivity index (χ0n) is 12.0. The van der Waals surface area contributed by atoms with E-state index in [9.17, 15) is 9.90 Å². The summed E-state index contributed by atoms with van der Waals surface area (Å²) in [6, 6.07) is 5.96. The maximum atomic E-state index is 11.7. The smallest absolute Gasteiger partial charge is 0.336 e. The van der Waals surface area contributed by atoms with Gasteiger partial charge in [0.05, 0.1) is 5.02 Å². The summed E-state index contributed by atoms with van der Waals surface area (Å²) < 4.78 is 5.09. The number of phenols is 1. The van der Waals surface area contributed by atoms with Crippen LogP contribution in [0.25, 0.3) is 11.0 Å². The summed E-state index contributed by atoms with van der Waals surface area (Å²) in [5, 5.41) is 11.0. The molecule has 6 nitrogen and oxygen atoms in total. The van der Waals surface area contributed by atoms with Gasteiger partial charge in [0.15, 0.2) is 5.16 Å². The molecule has 0 aliphatic carbocycles. The summed E-state index contributed by atoms with van der Waals surface area (Å²) in [5.41, 5.74) is 6.97. The number of nitrogens with zero attached hydrogens (tertiary/aromatic N) is 2. The average molecular weight is 350 g/mol. The van der Waals surface area contributed by atoms with E-state index in [1.54, 1.807) is 12.1 Å². The van der Waals surface area contributed by atoms with Crippen LogP contribution in [0.15, 0.2) is 38.6 Å². The molecule has 2 heterocycles. The number of aryl methyl sites for hydroxylation is 1. The van der Waals surface area contributed by atoms with E-state index < -0.39 is 5.63 Å². The number of hydrogen-bond donors (Lipinski definition) is 2. The predicted molar refractivity (Wildman–Crippen MR) is 89.9 cm³/mol. The third kappa shape index (κ3) is 3.40. The molecule has 0 spiro atoms. The van der Waals surface area contributed by atoms with E-state index in [1.165, 1.54) is 23.9 Å². The number of nitrogen functional groups attached to an aromatic ring is 1. The molecule has 2 aromatic heterocycles. The highest BCUT2D eigenvalue weighted by molar-refractivity contribution is 7.98. The molecule has 0 saturated carbocycles. The number of hydrogen-bond acceptors (Lipinski definition) is 7. The van der Waals surface area contributed by atoms with Gasteiger partial charge in [-0.1, -0.05) is 23.4 Å². The minimum absolute atomic E-state index is 0.137. The van der Waals surface area contributed by atoms with Crippen molar-refractivity contribution in [2.45, 2.75) is 17.8 Å². The number of aromatic nitrogens is 2. The monoisotopic (exact) mass is 349 g/mol. The topological polar surface area (TPSA) is 102 Å². The van der Waals surface area contributed by atoms with Crippen LogP contribution in [0.1, 0.15) is 11.3 Å². The Morgan fingerprint density at radius 2 is 2.09 bits per heavy atom. The summed E-state index contributed by atoms with van der Waals surface area (Å²) in [5.74, 6) is 0.693. The standard InChI is InChI=1S/C15H12ClN3O3S/c1-7-2-13(17)19-15(18-7)23-6-8-3-14(21)22-12-5-11(20)10(16)4-9(8)12/h2-5,20H,6H2,1H3,(H2,17,18,19). The second-order valence-corrected chi connectivity index (χ2v) is 6.25. The number of benzene rings is 1. The normalized spacial score (nSPS) is 11.0. The van der Waals surface area contributed by atoms with Crippen LogP contribution in [0, 0.1) is 6.92 Å². The molecule has 3 rings (SSSR count). The number of fused-ring (bicyclic) bond motifs is 1. The molecular weight excluding hydrogens is 338 g/mol. The van der Waals surface area contributed by atoms with E-state index in [-0.39, 0.29) is 16.4 Å². The largest absolute Gasteiger partial charge is 0.506 e. The highest BCUT2D eigenvalue weighted by Crippen LogP contribution is 2.32. The molecule has 118 valence electrons. The number of anilines is 1. The molecule has 0 saturated heterocycles. The molecule has 0 amide bonds. The van der Waals surface area contributed by atoms with Gasteiger partial charge in [-0.05, 0) is 18.6 Å². The molecule has 0 aliphatic rings. The highest BCUT2D eigenvalue weighted by atomic mass is 35.5. The van der Waals surface area contributed by atoms with E-state index in [2.05, 4.69) is 9.97 Å². The fourth-order valence-corrected chi connectivity index (χ4v) is 3.19. The number of rotatable bonds is 3. The third-order valence-corrected chi connectivity index (χ3v) is 4.31. The number of halogens is 1. The first kappa shape index (κ1) is 15.6. The lowest BCUT2D eigenvalue weighted by atomic mass is 10.1. The third-order valence-electron chi connectivity index (χ3n) is 3.11. The average Bonchev–Trinajstić information content (AvgIpc) is 2.45. The van der Waals surface area contributed by atoms with E-state index in [1.807, 2.05) is 6.92 Å². The summed E-state index contributed by atoms with van der Waals surface area (Å²) >= 11 is 7.29. The molecule has 0 bridgehead atoms. The van der Waals surface area contributed by atoms with Crippen LogP contribution < -0.4 is 11.4 Å². The predicted octanol–water partition coefficient (Wildman–Crippen LogP) is 3.12. The molecule has 0 atom stereocenters. The molecule has 0 radical (unpaired) electrons. The molecular formula is C15H12ClN3O3S. The number of aromatic hydroxyl groups is 1. The highest BCUT2D eigenvalue weighted by Gasteiger charge is 2.11. The molecule has 8 heteroatoms. The van der Waals surface area contributed by atoms with Gasteiger partial charge in [-0.15, -0.1) is 0 Å². The Morgan fingerprint density at radius 1 is 1.30 bits per heavy atom. The van der Waals surface area contributed by atoms with Crippen molar-refractivity contribution in [3.8, 4) is 5.75 Å². The van der Waals surface area contributed by atoms with Crippen LogP contribution in [0.4, 0.5) is 5.82 Å². The number of phenolic OH excluding ortho intramolecular Hbond substituents is 1. The second-order valence-electron chi connectivity index (χ2n) is 4.90. The number of nitrogens with two attached hydrogens (primary N) is 1. The van der Waals surface area contributed by atoms with Crippen LogP contribution in [0.5, 0.6) is 5.75 Å². The van der Waals surface area contributed by atoms with Gasteiger partial charge in [-0.25, -0.2) is 14.8 Å². The van der Waals surface area contributed by atoms with Crippen molar-refractivity contribution in [3.63, 3.8) is 0 Å². The second kappa shape index (κ2) is 6.10. The molecule has 1 aromatic carbocycles. The van der Waals surface area contributed by atoms with Crippen molar-refractivity contribution in [1.82, 2.24) is 9.97 Å². The van der Waals surface area contributed by atoms with Crippen molar-refractivity contribution in [1.29, 1.82) is 0 Å². The van der Waals surface area contributed by atoms with Crippen molar-refractivity contribution in [2.75, 3.05) is 5.73 Å². The summed E-state index contributed by atoms with van der Waals surface area (Å²) in [6.07, 6.45) is 0. The first-order chi connectivity index (χ1) is 10.9. The van der Waals surface area contributed by atoms with Crippen LogP contribution in [0.2, 0.25) is 5.02 Å². The minimum atomic E-state index is -0.500. The van der Waals surface area contributed by atoms with Gasteiger partial charge in [0.25, 0.3) is 0 Å². The Hall–Kier alpha value is -2.25. The summed E-state index contributed by atoms with van der Waals surface area (Å²) in [4.78, 5) is 20.1. The van der Waals surface area contributed by atoms with Crippen molar-refractivity contribution in [2.24, 2.45) is 0 Å². The molecule has 0 unspecified atom stereocenters. The number of thioether (sulfide) groups is 1. The minimum Gasteiger partial charge on any atom is -0.506 e. The van der Waals surface area contributed by atoms with Gasteiger partial charge in [0, 0.05) is 35.0 Å². The van der Waals surface area contributed by atoms with Gasteiger partial charge < -0.3 is 15.3 Å². The Kier molecular flexibility index (Phi) is 4.14. The maximum absolute atomic E-state index is 11.7. The molecule has 23 heavy (non-hydrogen) atoms. The molecule has 0 aliphatic heterocycles. The van der Waals surface area contributed by atoms with Crippen LogP contribution in [0.3, 0.4) is 0 Å². The Balaban J connectivity index is 1.99. The lowest BCUT2D eigenvalue weighted by Crippen LogP contribution is -2.01. The lowest BCUT2D eigenvalue weighted by molar-refractivity contribution is 0.473. The summed E-state index contributed by atoms with van der Waals surface area (Å²) in [7, 11) is 0. The van der Waals surface area contributed by atoms with Crippen molar-refractivity contribution < 1.29 is 9.52 Å². The van der Waals surface area contributed by atoms with Gasteiger partial charge in [-0.3, -0.25) is 0 Å². The first-order valence-electron chi connectivity index (χ1n) is 6.61. The van der Waals surface area contributed by atoms with E-state index in [4.69, 9.17) is 21.8 Å². The van der Waals surface area contributed by atoms with Crippen molar-refractivity contribution in [3.05, 3.63) is 51.0 Å². The van der Waals surface area contributed by atoms with E-state index in [0.717, 1.165) is 5.69 Å². The molecule has 3 aromatic rings. The van der Waals surface area contributed by atoms with Crippen LogP contribution in [-0.4, -0.2) is 15.1 Å². The lowest BCUT2D eigenvalue weighted by Gasteiger charge is -2.07. The van der Waals surface area contributed by atoms with Gasteiger partial charge in [0.2, 0.25) is 0 Å². The van der Waals surface area contributed by atoms with Gasteiger partial charge >= 0.3 is 5.63 Å². The van der Waals surface area contributed by atoms with Crippen LogP contribution in [-0.2, 0) is 5.75 Å². The van der Waals surface area contributed by atoms with E-state index in [0.29, 0.717) is 27.7 Å². The van der Waals surface area contributed by atoms with Gasteiger partial charge in [0.1, 0.15) is 17.2 Å². The zero-order valence-corrected chi connectivity index (χ0v) is 13.6. The van der Waals surface area contributed by atoms with E-state index >= 15 is 0 Å². The SMILES string of the molecule is Cc1cc(N)nc(SCc2cc(=O)oc3cc(O)c(Cl)cc23)n1. The quantitative estimate of drug-likeness (QED) is 0.425. The molecule has 0 fully saturated rings. The van der Waals surface area contributed by atoms with Crippen molar-refractivity contribution >= 4 is 40.1 Å². The summed E-state index contributed by atoms with van der Waals surface area (Å²) in [6.45, 7) is 1.83. The first-order valence-corrected chi connectivity index (χ1v) is 7.98. The maximum Gasteiger partial charge on any atom is 0.336 e. The zero-order chi connectivity index (χ0) is 16.6. The Bertz CT molecular complexity index is 938.